The van der Waals surface area contributed by atoms with Crippen LogP contribution in [0, 0.1) is 11.7 Å². The van der Waals surface area contributed by atoms with Crippen LogP contribution in [0.25, 0.3) is 11.1 Å². The lowest BCUT2D eigenvalue weighted by Crippen LogP contribution is -2.41. The molecular weight excluding hydrogens is 499 g/mol. The fourth-order valence-electron chi connectivity index (χ4n) is 4.16. The van der Waals surface area contributed by atoms with Crippen LogP contribution in [0.2, 0.25) is 5.02 Å². The van der Waals surface area contributed by atoms with Crippen molar-refractivity contribution in [2.75, 3.05) is 25.4 Å². The van der Waals surface area contributed by atoms with Gasteiger partial charge in [-0.3, -0.25) is 9.69 Å². The summed E-state index contributed by atoms with van der Waals surface area (Å²) in [5.41, 5.74) is 2.86. The van der Waals surface area contributed by atoms with Crippen molar-refractivity contribution in [1.82, 2.24) is 20.2 Å². The Morgan fingerprint density at radius 3 is 2.72 bits per heavy atom. The van der Waals surface area contributed by atoms with Gasteiger partial charge in [0.25, 0.3) is 0 Å². The van der Waals surface area contributed by atoms with E-state index in [4.69, 9.17) is 16.3 Å². The number of aromatic nitrogens is 2. The Kier molecular flexibility index (Phi) is 9.33. The first-order valence-electron chi connectivity index (χ1n) is 11.8. The first kappa shape index (κ1) is 26.1. The van der Waals surface area contributed by atoms with Gasteiger partial charge in [-0.05, 0) is 60.7 Å². The molecular formula is C27H28ClFN4O2S. The number of piperidine rings is 1. The zero-order valence-corrected chi connectivity index (χ0v) is 21.4. The third kappa shape index (κ3) is 7.53. The van der Waals surface area contributed by atoms with Gasteiger partial charge in [-0.15, -0.1) is 0 Å². The van der Waals surface area contributed by atoms with Crippen LogP contribution < -0.4 is 10.1 Å². The van der Waals surface area contributed by atoms with Crippen LogP contribution in [0.3, 0.4) is 0 Å². The summed E-state index contributed by atoms with van der Waals surface area (Å²) in [6.45, 7) is 6.76. The summed E-state index contributed by atoms with van der Waals surface area (Å²) >= 11 is 7.22. The second-order valence-corrected chi connectivity index (χ2v) is 10.00. The van der Waals surface area contributed by atoms with Gasteiger partial charge >= 0.3 is 0 Å². The van der Waals surface area contributed by atoms with Crippen molar-refractivity contribution in [3.63, 3.8) is 0 Å². The highest BCUT2D eigenvalue weighted by molar-refractivity contribution is 7.99. The molecule has 36 heavy (non-hydrogen) atoms. The molecule has 0 bridgehead atoms. The van der Waals surface area contributed by atoms with E-state index >= 15 is 0 Å². The van der Waals surface area contributed by atoms with Crippen molar-refractivity contribution in [3.05, 3.63) is 84.1 Å². The Labute approximate surface area is 219 Å². The summed E-state index contributed by atoms with van der Waals surface area (Å²) in [6.07, 6.45) is 7.02. The van der Waals surface area contributed by atoms with Gasteiger partial charge in [-0.2, -0.15) is 0 Å². The van der Waals surface area contributed by atoms with E-state index < -0.39 is 5.82 Å². The molecule has 9 heteroatoms. The highest BCUT2D eigenvalue weighted by atomic mass is 35.5. The second-order valence-electron chi connectivity index (χ2n) is 8.65. The molecule has 0 aliphatic carbocycles. The molecule has 1 saturated heterocycles. The van der Waals surface area contributed by atoms with Crippen LogP contribution >= 0.6 is 23.4 Å². The maximum absolute atomic E-state index is 13.4. The van der Waals surface area contributed by atoms with Crippen LogP contribution in [0.4, 0.5) is 4.39 Å². The Morgan fingerprint density at radius 1 is 1.22 bits per heavy atom. The van der Waals surface area contributed by atoms with Crippen molar-refractivity contribution in [1.29, 1.82) is 0 Å². The number of benzene rings is 2. The van der Waals surface area contributed by atoms with Crippen LogP contribution in [-0.2, 0) is 11.3 Å². The summed E-state index contributed by atoms with van der Waals surface area (Å²) in [7, 11) is 0. The molecule has 1 N–H and O–H groups in total. The number of carbonyl (C=O) groups excluding carboxylic acids is 1. The Morgan fingerprint density at radius 2 is 2.00 bits per heavy atom. The monoisotopic (exact) mass is 526 g/mol. The van der Waals surface area contributed by atoms with E-state index in [1.54, 1.807) is 24.5 Å². The zero-order valence-electron chi connectivity index (χ0n) is 19.8. The highest BCUT2D eigenvalue weighted by Gasteiger charge is 2.21. The maximum Gasteiger partial charge on any atom is 0.230 e. The van der Waals surface area contributed by atoms with Gasteiger partial charge in [0, 0.05) is 37.6 Å². The molecule has 6 nitrogen and oxygen atoms in total. The third-order valence-electron chi connectivity index (χ3n) is 5.95. The number of hydrogen-bond donors (Lipinski definition) is 1. The van der Waals surface area contributed by atoms with Gasteiger partial charge in [0.1, 0.15) is 11.6 Å². The predicted molar refractivity (Wildman–Crippen MR) is 141 cm³/mol. The van der Waals surface area contributed by atoms with Gasteiger partial charge < -0.3 is 10.1 Å². The number of hydrogen-bond acceptors (Lipinski definition) is 6. The lowest BCUT2D eigenvalue weighted by Gasteiger charge is -2.32. The Balaban J connectivity index is 1.19. The van der Waals surface area contributed by atoms with E-state index in [0.717, 1.165) is 49.2 Å². The SMILES string of the molecule is C=COc1ccc(-c2cnc(SCC(=O)NCC3CCCN(Cc4ccc(F)c(Cl)c4)C3)nc2)cc1. The van der Waals surface area contributed by atoms with Crippen molar-refractivity contribution in [3.8, 4) is 16.9 Å². The van der Waals surface area contributed by atoms with Crippen LogP contribution in [0.5, 0.6) is 5.75 Å². The molecule has 0 radical (unpaired) electrons. The molecule has 1 aliphatic rings. The smallest absolute Gasteiger partial charge is 0.230 e. The van der Waals surface area contributed by atoms with E-state index in [9.17, 15) is 9.18 Å². The molecule has 1 unspecified atom stereocenters. The maximum atomic E-state index is 13.4. The molecule has 188 valence electrons. The predicted octanol–water partition coefficient (Wildman–Crippen LogP) is 5.58. The average Bonchev–Trinajstić information content (AvgIpc) is 2.90. The molecule has 0 spiro atoms. The van der Waals surface area contributed by atoms with Crippen LogP contribution in [0.1, 0.15) is 18.4 Å². The molecule has 1 aromatic heterocycles. The summed E-state index contributed by atoms with van der Waals surface area (Å²) in [5.74, 6) is 0.919. The Hall–Kier alpha value is -2.94. The minimum Gasteiger partial charge on any atom is -0.466 e. The molecule has 4 rings (SSSR count). The molecule has 0 saturated carbocycles. The molecule has 1 fully saturated rings. The van der Waals surface area contributed by atoms with Crippen molar-refractivity contribution >= 4 is 29.3 Å². The van der Waals surface area contributed by atoms with E-state index in [-0.39, 0.29) is 16.7 Å². The van der Waals surface area contributed by atoms with Gasteiger partial charge in [0.2, 0.25) is 5.91 Å². The number of rotatable bonds is 10. The normalized spacial score (nSPS) is 15.9. The van der Waals surface area contributed by atoms with Gasteiger partial charge in [-0.1, -0.05) is 48.1 Å². The van der Waals surface area contributed by atoms with Crippen molar-refractivity contribution in [2.24, 2.45) is 5.92 Å². The van der Waals surface area contributed by atoms with Crippen molar-refractivity contribution < 1.29 is 13.9 Å². The average molecular weight is 527 g/mol. The fraction of sp³-hybridized carbons (Fsp3) is 0.296. The molecule has 1 amide bonds. The molecule has 2 aromatic carbocycles. The number of ether oxygens (including phenoxy) is 1. The standard InChI is InChI=1S/C27H28ClFN4O2S/c1-2-35-23-8-6-21(7-9-23)22-14-31-27(32-15-22)36-18-26(34)30-13-20-4-3-11-33(17-20)16-19-5-10-25(29)24(28)12-19/h2,5-10,12,14-15,20H,1,3-4,11,13,16-18H2,(H,30,34). The first-order chi connectivity index (χ1) is 17.5. The van der Waals surface area contributed by atoms with E-state index in [0.29, 0.717) is 23.4 Å². The van der Waals surface area contributed by atoms with Crippen molar-refractivity contribution in [2.45, 2.75) is 24.5 Å². The lowest BCUT2D eigenvalue weighted by molar-refractivity contribution is -0.118. The van der Waals surface area contributed by atoms with Gasteiger partial charge in [0.15, 0.2) is 5.16 Å². The van der Waals surface area contributed by atoms with Gasteiger partial charge in [-0.25, -0.2) is 14.4 Å². The van der Waals surface area contributed by atoms with Crippen LogP contribution in [0.15, 0.2) is 72.9 Å². The molecule has 1 aliphatic heterocycles. The number of halogens is 2. The van der Waals surface area contributed by atoms with E-state index in [1.807, 2.05) is 24.3 Å². The number of likely N-dealkylation sites (tertiary alicyclic amines) is 1. The number of nitrogens with one attached hydrogen (secondary N) is 1. The largest absolute Gasteiger partial charge is 0.466 e. The summed E-state index contributed by atoms with van der Waals surface area (Å²) in [5, 5.41) is 3.75. The fourth-order valence-corrected chi connectivity index (χ4v) is 4.98. The van der Waals surface area contributed by atoms with E-state index in [1.165, 1.54) is 24.1 Å². The Bertz CT molecular complexity index is 1180. The number of carbonyl (C=O) groups is 1. The minimum absolute atomic E-state index is 0.0343. The van der Waals surface area contributed by atoms with Crippen LogP contribution in [-0.4, -0.2) is 46.2 Å². The zero-order chi connectivity index (χ0) is 25.3. The highest BCUT2D eigenvalue weighted by Crippen LogP contribution is 2.23. The summed E-state index contributed by atoms with van der Waals surface area (Å²) in [4.78, 5) is 23.5. The molecule has 3 aromatic rings. The summed E-state index contributed by atoms with van der Waals surface area (Å²) in [6, 6.07) is 12.4. The molecule has 2 heterocycles. The lowest BCUT2D eigenvalue weighted by atomic mass is 9.97. The first-order valence-corrected chi connectivity index (χ1v) is 13.1. The quantitative estimate of drug-likeness (QED) is 0.211. The third-order valence-corrected chi connectivity index (χ3v) is 7.11. The second kappa shape index (κ2) is 12.9. The number of nitrogens with zero attached hydrogens (tertiary/aromatic N) is 3. The minimum atomic E-state index is -0.399. The van der Waals surface area contributed by atoms with E-state index in [2.05, 4.69) is 26.8 Å². The van der Waals surface area contributed by atoms with Gasteiger partial charge in [0.05, 0.1) is 17.0 Å². The number of thioether (sulfide) groups is 1. The summed E-state index contributed by atoms with van der Waals surface area (Å²) < 4.78 is 18.6. The topological polar surface area (TPSA) is 67.3 Å². The number of amides is 1. The molecule has 1 atom stereocenters.